The molecule has 1 fully saturated rings. The van der Waals surface area contributed by atoms with E-state index in [0.717, 1.165) is 31.2 Å². The number of nitrogens with one attached hydrogen (secondary N) is 1. The van der Waals surface area contributed by atoms with Crippen LogP contribution in [0.2, 0.25) is 5.02 Å². The van der Waals surface area contributed by atoms with Gasteiger partial charge in [0.05, 0.1) is 0 Å². The Morgan fingerprint density at radius 3 is 2.22 bits per heavy atom. The lowest BCUT2D eigenvalue weighted by molar-refractivity contribution is -0.138. The minimum absolute atomic E-state index is 0.0273. The number of halogens is 1. The molecule has 0 bridgehead atoms. The topological polar surface area (TPSA) is 75.4 Å². The maximum Gasteiger partial charge on any atom is 0.255 e. The summed E-state index contributed by atoms with van der Waals surface area (Å²) in [7, 11) is 0. The minimum atomic E-state index is -0.207. The molecule has 1 saturated carbocycles. The lowest BCUT2D eigenvalue weighted by Gasteiger charge is -2.35. The maximum absolute atomic E-state index is 13.5. The molecule has 5 nitrogen and oxygen atoms in total. The average molecular weight is 512 g/mol. The fourth-order valence-electron chi connectivity index (χ4n) is 4.70. The summed E-state index contributed by atoms with van der Waals surface area (Å²) in [6.45, 7) is 12.0. The molecule has 0 heterocycles. The highest BCUT2D eigenvalue weighted by atomic mass is 35.5. The van der Waals surface area contributed by atoms with E-state index in [4.69, 9.17) is 17.3 Å². The van der Waals surface area contributed by atoms with E-state index in [1.807, 2.05) is 35.2 Å². The zero-order chi connectivity index (χ0) is 26.5. The Hall–Kier alpha value is -2.37. The van der Waals surface area contributed by atoms with Crippen LogP contribution in [0, 0.1) is 11.3 Å². The van der Waals surface area contributed by atoms with Crippen LogP contribution in [0.5, 0.6) is 0 Å². The Kier molecular flexibility index (Phi) is 9.23. The van der Waals surface area contributed by atoms with Crippen LogP contribution in [0.1, 0.15) is 88.2 Å². The van der Waals surface area contributed by atoms with Crippen molar-refractivity contribution < 1.29 is 9.59 Å². The molecule has 1 aliphatic rings. The average Bonchev–Trinajstić information content (AvgIpc) is 2.85. The molecule has 0 aromatic heterocycles. The normalized spacial score (nSPS) is 15.0. The van der Waals surface area contributed by atoms with Gasteiger partial charge in [-0.05, 0) is 71.7 Å². The molecule has 2 aromatic carbocycles. The summed E-state index contributed by atoms with van der Waals surface area (Å²) in [6.07, 6.45) is 5.28. The first kappa shape index (κ1) is 28.2. The van der Waals surface area contributed by atoms with E-state index in [1.54, 1.807) is 12.1 Å². The van der Waals surface area contributed by atoms with Gasteiger partial charge < -0.3 is 16.0 Å². The molecule has 6 heteroatoms. The van der Waals surface area contributed by atoms with E-state index in [1.165, 1.54) is 12.0 Å². The molecule has 3 N–H and O–H groups in total. The lowest BCUT2D eigenvalue weighted by atomic mass is 9.86. The van der Waals surface area contributed by atoms with Crippen molar-refractivity contribution in [3.05, 3.63) is 64.2 Å². The summed E-state index contributed by atoms with van der Waals surface area (Å²) in [6, 6.07) is 13.2. The zero-order valence-electron chi connectivity index (χ0n) is 22.5. The largest absolute Gasteiger partial charge is 0.337 e. The minimum Gasteiger partial charge on any atom is -0.337 e. The van der Waals surface area contributed by atoms with Gasteiger partial charge in [-0.1, -0.05) is 77.6 Å². The van der Waals surface area contributed by atoms with Gasteiger partial charge in [-0.2, -0.15) is 0 Å². The first-order chi connectivity index (χ1) is 16.9. The number of carbonyl (C=O) groups excluding carboxylic acids is 2. The first-order valence-electron chi connectivity index (χ1n) is 13.1. The fraction of sp³-hybridized carbons (Fsp3) is 0.533. The highest BCUT2D eigenvalue weighted by Gasteiger charge is 2.30. The van der Waals surface area contributed by atoms with Gasteiger partial charge in [0.1, 0.15) is 0 Å². The monoisotopic (exact) mass is 511 g/mol. The Bertz CT molecular complexity index is 1050. The molecule has 36 heavy (non-hydrogen) atoms. The predicted octanol–water partition coefficient (Wildman–Crippen LogP) is 6.78. The summed E-state index contributed by atoms with van der Waals surface area (Å²) in [5.74, 6) is 0.0638. The van der Waals surface area contributed by atoms with Gasteiger partial charge in [0.2, 0.25) is 5.91 Å². The van der Waals surface area contributed by atoms with Crippen LogP contribution in [0.3, 0.4) is 0 Å². The number of carbonyl (C=O) groups is 2. The second kappa shape index (κ2) is 11.8. The molecule has 2 amide bonds. The number of nitrogens with zero attached hydrogens (tertiary/aromatic N) is 1. The molecule has 0 spiro atoms. The van der Waals surface area contributed by atoms with Gasteiger partial charge >= 0.3 is 0 Å². The van der Waals surface area contributed by atoms with Crippen molar-refractivity contribution in [3.8, 4) is 0 Å². The molecule has 0 atom stereocenters. The second-order valence-electron chi connectivity index (χ2n) is 12.0. The molecule has 0 saturated heterocycles. The molecule has 2 aromatic rings. The van der Waals surface area contributed by atoms with Crippen LogP contribution < -0.4 is 11.1 Å². The van der Waals surface area contributed by atoms with Crippen molar-refractivity contribution in [1.29, 1.82) is 0 Å². The number of hydrogen-bond donors (Lipinski definition) is 2. The summed E-state index contributed by atoms with van der Waals surface area (Å²) in [5, 5.41) is 3.57. The third-order valence-corrected chi connectivity index (χ3v) is 7.48. The van der Waals surface area contributed by atoms with Gasteiger partial charge in [0, 0.05) is 35.3 Å². The van der Waals surface area contributed by atoms with Crippen LogP contribution in [0.15, 0.2) is 42.5 Å². The van der Waals surface area contributed by atoms with Crippen LogP contribution in [-0.2, 0) is 16.8 Å². The van der Waals surface area contributed by atoms with Crippen LogP contribution in [0.4, 0.5) is 5.69 Å². The second-order valence-corrected chi connectivity index (χ2v) is 12.4. The Morgan fingerprint density at radius 1 is 1.00 bits per heavy atom. The highest BCUT2D eigenvalue weighted by molar-refractivity contribution is 6.31. The van der Waals surface area contributed by atoms with Gasteiger partial charge in [-0.15, -0.1) is 0 Å². The third kappa shape index (κ3) is 7.57. The number of nitrogens with two attached hydrogens (primary N) is 1. The van der Waals surface area contributed by atoms with Gasteiger partial charge in [-0.3, -0.25) is 9.59 Å². The molecule has 0 aliphatic heterocycles. The molecule has 196 valence electrons. The summed E-state index contributed by atoms with van der Waals surface area (Å²) < 4.78 is 0. The Morgan fingerprint density at radius 2 is 1.64 bits per heavy atom. The van der Waals surface area contributed by atoms with E-state index in [9.17, 15) is 9.59 Å². The number of benzene rings is 2. The van der Waals surface area contributed by atoms with E-state index in [-0.39, 0.29) is 28.6 Å². The SMILES string of the molecule is CC(C)(CN)CN(Cc1cc(NC(=O)c2ccc(C(C)(C)C)cc2)ccc1Cl)C(=O)C1CCCCC1. The number of rotatable bonds is 8. The van der Waals surface area contributed by atoms with E-state index in [0.29, 0.717) is 35.9 Å². The molecule has 0 radical (unpaired) electrons. The molecule has 1 aliphatic carbocycles. The van der Waals surface area contributed by atoms with Crippen molar-refractivity contribution in [2.75, 3.05) is 18.4 Å². The van der Waals surface area contributed by atoms with Gasteiger partial charge in [0.15, 0.2) is 0 Å². The standard InChI is InChI=1S/C30H42ClN3O2/c1-29(2,3)24-13-11-21(12-14-24)27(35)33-25-15-16-26(31)23(17-25)18-34(20-30(4,5)19-32)28(36)22-9-7-6-8-10-22/h11-17,22H,6-10,18-20,32H2,1-5H3,(H,33,35). The molecule has 0 unspecified atom stereocenters. The Balaban J connectivity index is 1.78. The fourth-order valence-corrected chi connectivity index (χ4v) is 4.88. The van der Waals surface area contributed by atoms with Crippen molar-refractivity contribution in [2.24, 2.45) is 17.1 Å². The van der Waals surface area contributed by atoms with Crippen molar-refractivity contribution >= 4 is 29.1 Å². The molecule has 3 rings (SSSR count). The quantitative estimate of drug-likeness (QED) is 0.410. The number of hydrogen-bond acceptors (Lipinski definition) is 3. The molecular weight excluding hydrogens is 470 g/mol. The van der Waals surface area contributed by atoms with E-state index >= 15 is 0 Å². The van der Waals surface area contributed by atoms with Gasteiger partial charge in [0.25, 0.3) is 5.91 Å². The molecular formula is C30H42ClN3O2. The van der Waals surface area contributed by atoms with Crippen molar-refractivity contribution in [3.63, 3.8) is 0 Å². The Labute approximate surface area is 221 Å². The van der Waals surface area contributed by atoms with E-state index < -0.39 is 0 Å². The highest BCUT2D eigenvalue weighted by Crippen LogP contribution is 2.30. The summed E-state index contributed by atoms with van der Waals surface area (Å²) in [4.78, 5) is 28.4. The smallest absolute Gasteiger partial charge is 0.255 e. The van der Waals surface area contributed by atoms with Crippen LogP contribution in [-0.4, -0.2) is 29.8 Å². The maximum atomic E-state index is 13.5. The number of amides is 2. The number of anilines is 1. The van der Waals surface area contributed by atoms with Crippen LogP contribution in [0.25, 0.3) is 0 Å². The first-order valence-corrected chi connectivity index (χ1v) is 13.5. The predicted molar refractivity (Wildman–Crippen MR) is 149 cm³/mol. The summed E-state index contributed by atoms with van der Waals surface area (Å²) in [5.41, 5.74) is 9.07. The van der Waals surface area contributed by atoms with E-state index in [2.05, 4.69) is 39.9 Å². The lowest BCUT2D eigenvalue weighted by Crippen LogP contribution is -2.44. The third-order valence-electron chi connectivity index (χ3n) is 7.12. The van der Waals surface area contributed by atoms with Crippen molar-refractivity contribution in [2.45, 2.75) is 78.7 Å². The van der Waals surface area contributed by atoms with Crippen molar-refractivity contribution in [1.82, 2.24) is 4.90 Å². The van der Waals surface area contributed by atoms with Crippen LogP contribution >= 0.6 is 11.6 Å². The zero-order valence-corrected chi connectivity index (χ0v) is 23.3. The van der Waals surface area contributed by atoms with Gasteiger partial charge in [-0.25, -0.2) is 0 Å². The summed E-state index contributed by atoms with van der Waals surface area (Å²) >= 11 is 6.57.